The van der Waals surface area contributed by atoms with Crippen LogP contribution in [0.4, 0.5) is 0 Å². The quantitative estimate of drug-likeness (QED) is 0.166. The Labute approximate surface area is 308 Å². The molecule has 9 heteroatoms. The second-order valence-corrected chi connectivity index (χ2v) is 19.3. The van der Waals surface area contributed by atoms with Crippen LogP contribution >= 0.6 is 11.3 Å². The number of benzene rings is 1. The highest BCUT2D eigenvalue weighted by atomic mass is 32.1. The number of aromatic nitrogens is 2. The Morgan fingerprint density at radius 2 is 1.85 bits per heavy atom. The van der Waals surface area contributed by atoms with Crippen molar-refractivity contribution in [2.75, 3.05) is 0 Å². The van der Waals surface area contributed by atoms with Crippen molar-refractivity contribution in [1.29, 1.82) is 0 Å². The number of aliphatic hydroxyl groups excluding tert-OH is 2. The Kier molecular flexibility index (Phi) is 6.84. The van der Waals surface area contributed by atoms with E-state index in [-0.39, 0.29) is 34.1 Å². The summed E-state index contributed by atoms with van der Waals surface area (Å²) in [6.45, 7) is 21.7. The summed E-state index contributed by atoms with van der Waals surface area (Å²) in [5, 5.41) is 49.8. The van der Waals surface area contributed by atoms with Crippen molar-refractivity contribution < 1.29 is 30.0 Å². The molecule has 4 aliphatic carbocycles. The predicted molar refractivity (Wildman–Crippen MR) is 205 cm³/mol. The summed E-state index contributed by atoms with van der Waals surface area (Å²) in [4.78, 5) is 15.8. The van der Waals surface area contributed by atoms with Crippen molar-refractivity contribution in [3.05, 3.63) is 69.0 Å². The molecule has 1 aromatic carbocycles. The number of carboxylic acid groups (broad SMARTS) is 1. The number of nitrogens with zero attached hydrogens (tertiary/aromatic N) is 2. The second-order valence-electron chi connectivity index (χ2n) is 18.4. The van der Waals surface area contributed by atoms with Gasteiger partial charge in [-0.2, -0.15) is 0 Å². The third-order valence-corrected chi connectivity index (χ3v) is 15.6. The van der Waals surface area contributed by atoms with E-state index in [4.69, 9.17) is 4.74 Å². The molecule has 5 aliphatic rings. The van der Waals surface area contributed by atoms with Gasteiger partial charge >= 0.3 is 5.97 Å². The van der Waals surface area contributed by atoms with Crippen LogP contribution in [0.15, 0.2) is 30.2 Å². The third kappa shape index (κ3) is 4.03. The van der Waals surface area contributed by atoms with Crippen LogP contribution < -0.4 is 0 Å². The van der Waals surface area contributed by atoms with E-state index in [9.17, 15) is 25.2 Å². The molecular weight excluding hydrogens is 673 g/mol. The number of carboxylic acids is 1. The molecule has 8 nitrogen and oxygen atoms in total. The van der Waals surface area contributed by atoms with Gasteiger partial charge in [0.05, 0.1) is 34.6 Å². The Hall–Kier alpha value is -3.50. The standard InChI is InChI=1S/C43H50N2O6S/c1-20(2)33-36(48)31-30-22(25-18-39(3,4)51-40(5,6)32(25)35(30)47)17-23-24-16-21-10-11-27-41(7,14-13-29-44-26(19-52-29)38(49)50)28(46)12-15-42(27,8)43(21,9)37(24)45(33)34(23)31/h13-14,17-19,21,27-28,32,35,46-48H,1,10-12,15-16H2,2-9H3,(H,49,50)/t21?,27-,28-,32?,35+,41-,42-,43+/m0/s1. The van der Waals surface area contributed by atoms with Gasteiger partial charge in [0.15, 0.2) is 5.69 Å². The largest absolute Gasteiger partial charge is 0.505 e. The van der Waals surface area contributed by atoms with E-state index in [0.29, 0.717) is 23.0 Å². The number of hydrogen-bond donors (Lipinski definition) is 4. The van der Waals surface area contributed by atoms with Crippen LogP contribution in [0.2, 0.25) is 0 Å². The number of aromatic hydroxyl groups is 1. The lowest BCUT2D eigenvalue weighted by molar-refractivity contribution is -0.144. The molecule has 2 unspecified atom stereocenters. The van der Waals surface area contributed by atoms with Crippen LogP contribution in [0.1, 0.15) is 131 Å². The minimum absolute atomic E-state index is 0.0345. The first-order valence-corrected chi connectivity index (χ1v) is 19.7. The maximum absolute atomic E-state index is 12.3. The minimum atomic E-state index is -1.04. The fourth-order valence-corrected chi connectivity index (χ4v) is 13.3. The number of allylic oxidation sites excluding steroid dienone is 1. The molecule has 9 rings (SSSR count). The monoisotopic (exact) mass is 722 g/mol. The van der Waals surface area contributed by atoms with Crippen LogP contribution in [-0.4, -0.2) is 53.1 Å². The van der Waals surface area contributed by atoms with Crippen molar-refractivity contribution in [2.45, 2.75) is 116 Å². The highest BCUT2D eigenvalue weighted by Gasteiger charge is 2.67. The van der Waals surface area contributed by atoms with Crippen LogP contribution in [0, 0.1) is 28.6 Å². The molecule has 2 fully saturated rings. The normalized spacial score (nSPS) is 35.7. The van der Waals surface area contributed by atoms with Gasteiger partial charge in [0.2, 0.25) is 0 Å². The molecule has 0 radical (unpaired) electrons. The van der Waals surface area contributed by atoms with Gasteiger partial charge in [-0.25, -0.2) is 9.78 Å². The van der Waals surface area contributed by atoms with Gasteiger partial charge in [0.1, 0.15) is 10.8 Å². The number of thiazole rings is 1. The summed E-state index contributed by atoms with van der Waals surface area (Å²) in [7, 11) is 0. The van der Waals surface area contributed by atoms with Crippen LogP contribution in [0.3, 0.4) is 0 Å². The van der Waals surface area contributed by atoms with Gasteiger partial charge in [-0.3, -0.25) is 0 Å². The third-order valence-electron chi connectivity index (χ3n) is 14.8. The van der Waals surface area contributed by atoms with Crippen molar-refractivity contribution in [2.24, 2.45) is 28.6 Å². The molecule has 274 valence electrons. The van der Waals surface area contributed by atoms with E-state index in [1.54, 1.807) is 5.38 Å². The molecule has 3 aromatic heterocycles. The summed E-state index contributed by atoms with van der Waals surface area (Å²) in [5.74, 6) is -0.618. The van der Waals surface area contributed by atoms with Crippen LogP contribution in [-0.2, 0) is 16.6 Å². The molecule has 0 bridgehead atoms. The smallest absolute Gasteiger partial charge is 0.355 e. The summed E-state index contributed by atoms with van der Waals surface area (Å²) in [5.41, 5.74) is 5.73. The van der Waals surface area contributed by atoms with Gasteiger partial charge < -0.3 is 29.6 Å². The number of aromatic carboxylic acids is 1. The molecule has 8 atom stereocenters. The Balaban J connectivity index is 1.26. The van der Waals surface area contributed by atoms with Crippen molar-refractivity contribution in [1.82, 2.24) is 9.38 Å². The van der Waals surface area contributed by atoms with E-state index in [1.807, 2.05) is 13.0 Å². The summed E-state index contributed by atoms with van der Waals surface area (Å²) < 4.78 is 8.86. The van der Waals surface area contributed by atoms with Gasteiger partial charge in [-0.1, -0.05) is 33.4 Å². The lowest BCUT2D eigenvalue weighted by Crippen LogP contribution is -2.62. The van der Waals surface area contributed by atoms with Crippen molar-refractivity contribution >= 4 is 50.8 Å². The molecular formula is C43H50N2O6S. The van der Waals surface area contributed by atoms with Gasteiger partial charge in [0, 0.05) is 44.2 Å². The number of aliphatic hydroxyl groups is 2. The molecule has 4 N–H and O–H groups in total. The average Bonchev–Trinajstić information content (AvgIpc) is 3.83. The SMILES string of the molecule is C=C(C)c1c(O)c2c3c(cc4c5c(n1c42)[C@@]1(C)C(CC[C@H]2[C@](C)(C=Cc4nc(C(=O)O)cs4)[C@@H](O)CC[C@@]21C)C5)C1=CC(C)(C)OC(C)(C)C1[C@@H]3O. The fraction of sp³-hybridized carbons (Fsp3) is 0.535. The van der Waals surface area contributed by atoms with E-state index < -0.39 is 34.8 Å². The second kappa shape index (κ2) is 10.4. The highest BCUT2D eigenvalue weighted by Crippen LogP contribution is 2.71. The first-order chi connectivity index (χ1) is 24.3. The molecule has 0 saturated heterocycles. The maximum Gasteiger partial charge on any atom is 0.355 e. The molecule has 4 heterocycles. The first kappa shape index (κ1) is 34.3. The van der Waals surface area contributed by atoms with Crippen LogP contribution in [0.5, 0.6) is 5.75 Å². The number of carbonyl (C=O) groups is 1. The Bertz CT molecular complexity index is 2310. The topological polar surface area (TPSA) is 125 Å². The average molecular weight is 723 g/mol. The molecule has 52 heavy (non-hydrogen) atoms. The Morgan fingerprint density at radius 3 is 2.52 bits per heavy atom. The van der Waals surface area contributed by atoms with Gasteiger partial charge in [-0.15, -0.1) is 11.3 Å². The summed E-state index contributed by atoms with van der Waals surface area (Å²) in [6.07, 6.45) is 9.20. The van der Waals surface area contributed by atoms with Crippen LogP contribution in [0.25, 0.3) is 33.5 Å². The molecule has 0 spiro atoms. The number of hydrogen-bond acceptors (Lipinski definition) is 7. The fourth-order valence-electron chi connectivity index (χ4n) is 12.6. The number of rotatable bonds is 4. The predicted octanol–water partition coefficient (Wildman–Crippen LogP) is 8.78. The summed E-state index contributed by atoms with van der Waals surface area (Å²) >= 11 is 1.30. The lowest BCUT2D eigenvalue weighted by Gasteiger charge is -2.64. The van der Waals surface area contributed by atoms with E-state index in [2.05, 4.69) is 82.6 Å². The van der Waals surface area contributed by atoms with E-state index in [0.717, 1.165) is 64.2 Å². The zero-order valence-corrected chi connectivity index (χ0v) is 32.2. The number of fused-ring (bicyclic) bond motifs is 11. The van der Waals surface area contributed by atoms with Crippen molar-refractivity contribution in [3.8, 4) is 5.75 Å². The van der Waals surface area contributed by atoms with E-state index in [1.165, 1.54) is 22.6 Å². The molecule has 1 aliphatic heterocycles. The Morgan fingerprint density at radius 1 is 1.12 bits per heavy atom. The zero-order chi connectivity index (χ0) is 37.2. The van der Waals surface area contributed by atoms with Crippen molar-refractivity contribution in [3.63, 3.8) is 0 Å². The lowest BCUT2D eigenvalue weighted by atomic mass is 9.40. The van der Waals surface area contributed by atoms with Gasteiger partial charge in [-0.05, 0) is 124 Å². The summed E-state index contributed by atoms with van der Waals surface area (Å²) in [6, 6.07) is 2.31. The van der Waals surface area contributed by atoms with Gasteiger partial charge in [0.25, 0.3) is 0 Å². The molecule has 4 aromatic rings. The van der Waals surface area contributed by atoms with E-state index >= 15 is 0 Å². The zero-order valence-electron chi connectivity index (χ0n) is 31.4. The highest BCUT2D eigenvalue weighted by molar-refractivity contribution is 7.10. The molecule has 2 saturated carbocycles. The number of ether oxygens (including phenoxy) is 1. The molecule has 0 amide bonds. The maximum atomic E-state index is 12.3. The first-order valence-electron chi connectivity index (χ1n) is 18.8. The minimum Gasteiger partial charge on any atom is -0.505 e.